The van der Waals surface area contributed by atoms with Crippen LogP contribution in [0.2, 0.25) is 0 Å². The van der Waals surface area contributed by atoms with Crippen molar-refractivity contribution < 1.29 is 4.84 Å². The largest absolute Gasteiger partial charge is 0.341 e. The molecule has 1 unspecified atom stereocenters. The lowest BCUT2D eigenvalue weighted by Crippen LogP contribution is -2.33. The third kappa shape index (κ3) is 4.74. The molecule has 176 valence electrons. The molecule has 2 aromatic carbocycles. The molecule has 0 saturated carbocycles. The van der Waals surface area contributed by atoms with Gasteiger partial charge in [-0.25, -0.2) is 4.98 Å². The zero-order valence-electron chi connectivity index (χ0n) is 19.6. The van der Waals surface area contributed by atoms with Crippen LogP contribution in [-0.4, -0.2) is 27.0 Å². The highest BCUT2D eigenvalue weighted by Gasteiger charge is 2.29. The fourth-order valence-corrected chi connectivity index (χ4v) is 5.09. The van der Waals surface area contributed by atoms with Crippen LogP contribution in [0.1, 0.15) is 52.7 Å². The molecule has 0 aliphatic heterocycles. The smallest absolute Gasteiger partial charge is 0.121 e. The Labute approximate surface area is 200 Å². The third-order valence-electron chi connectivity index (χ3n) is 6.76. The van der Waals surface area contributed by atoms with E-state index < -0.39 is 0 Å². The number of aryl methyl sites for hydroxylation is 1. The predicted molar refractivity (Wildman–Crippen MR) is 133 cm³/mol. The van der Waals surface area contributed by atoms with Crippen molar-refractivity contribution >= 4 is 11.0 Å². The van der Waals surface area contributed by atoms with E-state index in [4.69, 9.17) is 20.5 Å². The Morgan fingerprint density at radius 1 is 1.09 bits per heavy atom. The highest BCUT2D eigenvalue weighted by atomic mass is 16.6. The Hall–Kier alpha value is -3.10. The zero-order chi connectivity index (χ0) is 23.3. The molecule has 0 saturated heterocycles. The molecule has 0 bridgehead atoms. The number of imidazole rings is 1. The number of aromatic amines is 1. The number of para-hydroxylation sites is 2. The Kier molecular flexibility index (Phi) is 6.97. The van der Waals surface area contributed by atoms with Gasteiger partial charge in [-0.05, 0) is 59.7 Å². The maximum Gasteiger partial charge on any atom is 0.121 e. The van der Waals surface area contributed by atoms with E-state index in [0.29, 0.717) is 19.6 Å². The van der Waals surface area contributed by atoms with Gasteiger partial charge in [-0.2, -0.15) is 5.48 Å². The van der Waals surface area contributed by atoms with Crippen LogP contribution in [0, 0.1) is 0 Å². The van der Waals surface area contributed by atoms with E-state index in [1.54, 1.807) is 7.11 Å². The van der Waals surface area contributed by atoms with Gasteiger partial charge in [-0.1, -0.05) is 36.4 Å². The van der Waals surface area contributed by atoms with Crippen LogP contribution >= 0.6 is 0 Å². The minimum absolute atomic E-state index is 0.215. The summed E-state index contributed by atoms with van der Waals surface area (Å²) >= 11 is 0. The number of fused-ring (bicyclic) bond motifs is 2. The quantitative estimate of drug-likeness (QED) is 0.328. The molecule has 4 N–H and O–H groups in total. The standard InChI is InChI=1S/C27H32N6O/c1-34-30-16-21-9-4-8-20(15-28)22(21)17-33(18-26-31-23-11-2-3-12-24(23)32-26)25-13-5-7-19-10-6-14-29-27(19)25/h2-4,6,8-12,14,25,30H,5,7,13,15-18,28H2,1H3,(H,31,32). The van der Waals surface area contributed by atoms with Crippen molar-refractivity contribution in [2.24, 2.45) is 5.73 Å². The number of nitrogens with two attached hydrogens (primary N) is 1. The lowest BCUT2D eigenvalue weighted by atomic mass is 9.90. The minimum Gasteiger partial charge on any atom is -0.341 e. The second-order valence-corrected chi connectivity index (χ2v) is 8.85. The Balaban J connectivity index is 1.54. The number of aromatic nitrogens is 3. The molecule has 2 aromatic heterocycles. The van der Waals surface area contributed by atoms with Crippen molar-refractivity contribution in [3.8, 4) is 0 Å². The second-order valence-electron chi connectivity index (χ2n) is 8.85. The fraction of sp³-hybridized carbons (Fsp3) is 0.333. The van der Waals surface area contributed by atoms with Crippen LogP contribution in [0.3, 0.4) is 0 Å². The van der Waals surface area contributed by atoms with Gasteiger partial charge in [0.2, 0.25) is 0 Å². The van der Waals surface area contributed by atoms with Gasteiger partial charge >= 0.3 is 0 Å². The Morgan fingerprint density at radius 2 is 1.97 bits per heavy atom. The summed E-state index contributed by atoms with van der Waals surface area (Å²) in [6.07, 6.45) is 5.22. The molecule has 0 fully saturated rings. The molecule has 7 nitrogen and oxygen atoms in total. The van der Waals surface area contributed by atoms with Crippen molar-refractivity contribution in [1.82, 2.24) is 25.3 Å². The highest BCUT2D eigenvalue weighted by Crippen LogP contribution is 2.35. The van der Waals surface area contributed by atoms with Crippen molar-refractivity contribution in [2.45, 2.75) is 51.5 Å². The van der Waals surface area contributed by atoms with E-state index in [2.05, 4.69) is 51.8 Å². The summed E-state index contributed by atoms with van der Waals surface area (Å²) in [5.74, 6) is 0.964. The molecule has 2 heterocycles. The average molecular weight is 457 g/mol. The molecule has 0 amide bonds. The van der Waals surface area contributed by atoms with E-state index in [-0.39, 0.29) is 6.04 Å². The van der Waals surface area contributed by atoms with Crippen LogP contribution in [-0.2, 0) is 37.4 Å². The molecule has 7 heteroatoms. The Bertz CT molecular complexity index is 1220. The van der Waals surface area contributed by atoms with Crippen LogP contribution in [0.5, 0.6) is 0 Å². The predicted octanol–water partition coefficient (Wildman–Crippen LogP) is 4.15. The first-order valence-electron chi connectivity index (χ1n) is 11.9. The summed E-state index contributed by atoms with van der Waals surface area (Å²) < 4.78 is 0. The van der Waals surface area contributed by atoms with E-state index in [1.807, 2.05) is 24.4 Å². The molecule has 5 rings (SSSR count). The van der Waals surface area contributed by atoms with Crippen molar-refractivity contribution in [3.63, 3.8) is 0 Å². The SMILES string of the molecule is CONCc1cccc(CN)c1CN(Cc1nc2ccccc2[nH]1)C1CCCc2cccnc21. The number of nitrogens with zero attached hydrogens (tertiary/aromatic N) is 3. The summed E-state index contributed by atoms with van der Waals surface area (Å²) in [6, 6.07) is 19.0. The van der Waals surface area contributed by atoms with Gasteiger partial charge in [0.25, 0.3) is 0 Å². The fourth-order valence-electron chi connectivity index (χ4n) is 5.09. The summed E-state index contributed by atoms with van der Waals surface area (Å²) in [6.45, 7) is 2.57. The van der Waals surface area contributed by atoms with Gasteiger partial charge in [0.15, 0.2) is 0 Å². The van der Waals surface area contributed by atoms with Gasteiger partial charge in [-0.3, -0.25) is 9.88 Å². The van der Waals surface area contributed by atoms with Crippen LogP contribution in [0.25, 0.3) is 11.0 Å². The maximum atomic E-state index is 6.18. The maximum absolute atomic E-state index is 6.18. The van der Waals surface area contributed by atoms with Gasteiger partial charge in [-0.15, -0.1) is 0 Å². The van der Waals surface area contributed by atoms with Crippen LogP contribution < -0.4 is 11.2 Å². The zero-order valence-corrected chi connectivity index (χ0v) is 19.6. The third-order valence-corrected chi connectivity index (χ3v) is 6.76. The first-order valence-corrected chi connectivity index (χ1v) is 11.9. The second kappa shape index (κ2) is 10.4. The molecule has 34 heavy (non-hydrogen) atoms. The molecule has 0 spiro atoms. The molecular formula is C27H32N6O. The number of rotatable bonds is 9. The number of nitrogens with one attached hydrogen (secondary N) is 2. The van der Waals surface area contributed by atoms with Gasteiger partial charge in [0, 0.05) is 25.8 Å². The first kappa shape index (κ1) is 22.7. The van der Waals surface area contributed by atoms with Gasteiger partial charge in [0.05, 0.1) is 36.4 Å². The molecule has 0 radical (unpaired) electrons. The molecule has 1 aliphatic carbocycles. The summed E-state index contributed by atoms with van der Waals surface area (Å²) in [7, 11) is 1.64. The average Bonchev–Trinajstić information content (AvgIpc) is 3.29. The molecular weight excluding hydrogens is 424 g/mol. The monoisotopic (exact) mass is 456 g/mol. The summed E-state index contributed by atoms with van der Waals surface area (Å²) in [4.78, 5) is 20.9. The molecule has 1 aliphatic rings. The number of pyridine rings is 1. The van der Waals surface area contributed by atoms with Crippen molar-refractivity contribution in [3.05, 3.63) is 94.6 Å². The number of benzene rings is 2. The van der Waals surface area contributed by atoms with E-state index in [1.165, 1.54) is 22.4 Å². The summed E-state index contributed by atoms with van der Waals surface area (Å²) in [5.41, 5.74) is 17.4. The van der Waals surface area contributed by atoms with E-state index in [9.17, 15) is 0 Å². The van der Waals surface area contributed by atoms with Crippen LogP contribution in [0.4, 0.5) is 0 Å². The van der Waals surface area contributed by atoms with E-state index in [0.717, 1.165) is 48.2 Å². The Morgan fingerprint density at radius 3 is 2.82 bits per heavy atom. The highest BCUT2D eigenvalue weighted by molar-refractivity contribution is 5.74. The van der Waals surface area contributed by atoms with Crippen LogP contribution in [0.15, 0.2) is 60.8 Å². The lowest BCUT2D eigenvalue weighted by Gasteiger charge is -2.35. The van der Waals surface area contributed by atoms with Crippen molar-refractivity contribution in [1.29, 1.82) is 0 Å². The lowest BCUT2D eigenvalue weighted by molar-refractivity contribution is 0.0859. The first-order chi connectivity index (χ1) is 16.8. The number of hydrogen-bond acceptors (Lipinski definition) is 6. The molecule has 1 atom stereocenters. The van der Waals surface area contributed by atoms with Crippen molar-refractivity contribution in [2.75, 3.05) is 7.11 Å². The minimum atomic E-state index is 0.215. The number of hydrogen-bond donors (Lipinski definition) is 3. The van der Waals surface area contributed by atoms with E-state index >= 15 is 0 Å². The topological polar surface area (TPSA) is 92.1 Å². The summed E-state index contributed by atoms with van der Waals surface area (Å²) in [5, 5.41) is 0. The molecule has 4 aromatic rings. The number of hydroxylamine groups is 1. The van der Waals surface area contributed by atoms with Gasteiger partial charge in [0.1, 0.15) is 5.82 Å². The van der Waals surface area contributed by atoms with Gasteiger partial charge < -0.3 is 15.6 Å². The normalized spacial score (nSPS) is 15.7. The number of H-pyrrole nitrogens is 1.